The van der Waals surface area contributed by atoms with Crippen molar-refractivity contribution in [3.8, 4) is 0 Å². The third-order valence-electron chi connectivity index (χ3n) is 3.68. The number of hydrogen-bond donors (Lipinski definition) is 0. The van der Waals surface area contributed by atoms with E-state index in [-0.39, 0.29) is 18.3 Å². The second kappa shape index (κ2) is 9.37. The van der Waals surface area contributed by atoms with E-state index in [9.17, 15) is 4.79 Å². The summed E-state index contributed by atoms with van der Waals surface area (Å²) in [6, 6.07) is 4.06. The molecule has 0 aromatic carbocycles. The lowest BCUT2D eigenvalue weighted by Gasteiger charge is -2.27. The molecule has 0 spiro atoms. The molecule has 0 saturated carbocycles. The third-order valence-corrected chi connectivity index (χ3v) is 4.57. The van der Waals surface area contributed by atoms with Crippen LogP contribution in [-0.2, 0) is 4.79 Å². The molecule has 0 aliphatic carbocycles. The second-order valence-electron chi connectivity index (χ2n) is 5.11. The normalized spacial score (nSPS) is 15.7. The summed E-state index contributed by atoms with van der Waals surface area (Å²) in [5.74, 6) is 0.237. The number of carbonyl (C=O) groups excluding carboxylic acids is 1. The quantitative estimate of drug-likeness (QED) is 0.797. The number of thiophene rings is 1. The van der Waals surface area contributed by atoms with Gasteiger partial charge in [0.05, 0.1) is 5.00 Å². The molecule has 0 N–H and O–H groups in total. The van der Waals surface area contributed by atoms with Crippen molar-refractivity contribution in [3.05, 3.63) is 17.5 Å². The van der Waals surface area contributed by atoms with Crippen LogP contribution in [0.15, 0.2) is 17.5 Å². The van der Waals surface area contributed by atoms with Crippen LogP contribution in [0.3, 0.4) is 0 Å². The van der Waals surface area contributed by atoms with Crippen molar-refractivity contribution >= 4 is 34.7 Å². The molecule has 3 nitrogen and oxygen atoms in total. The van der Waals surface area contributed by atoms with Crippen LogP contribution in [-0.4, -0.2) is 37.0 Å². The molecular weight excluding hydrogens is 292 g/mol. The number of nitrogens with zero attached hydrogens (tertiary/aromatic N) is 2. The SMILES string of the molecule is CCC(=O)N(CCCN1CCCCC1)c1cccs1.Cl. The van der Waals surface area contributed by atoms with E-state index in [0.29, 0.717) is 6.42 Å². The number of amides is 1. The van der Waals surface area contributed by atoms with E-state index >= 15 is 0 Å². The fraction of sp³-hybridized carbons (Fsp3) is 0.667. The summed E-state index contributed by atoms with van der Waals surface area (Å²) in [4.78, 5) is 16.5. The van der Waals surface area contributed by atoms with Gasteiger partial charge in [0.1, 0.15) is 0 Å². The van der Waals surface area contributed by atoms with Gasteiger partial charge >= 0.3 is 0 Å². The van der Waals surface area contributed by atoms with Crippen molar-refractivity contribution in [1.82, 2.24) is 4.90 Å². The molecule has 114 valence electrons. The van der Waals surface area contributed by atoms with Gasteiger partial charge in [0.15, 0.2) is 0 Å². The van der Waals surface area contributed by atoms with Crippen LogP contribution in [0.2, 0.25) is 0 Å². The van der Waals surface area contributed by atoms with Gasteiger partial charge in [0, 0.05) is 13.0 Å². The third kappa shape index (κ3) is 5.08. The molecule has 0 atom stereocenters. The highest BCUT2D eigenvalue weighted by Gasteiger charge is 2.15. The second-order valence-corrected chi connectivity index (χ2v) is 6.03. The van der Waals surface area contributed by atoms with Gasteiger partial charge in [-0.3, -0.25) is 4.79 Å². The van der Waals surface area contributed by atoms with Gasteiger partial charge in [-0.2, -0.15) is 0 Å². The Hall–Kier alpha value is -0.580. The number of piperidine rings is 1. The molecule has 1 aromatic rings. The highest BCUT2D eigenvalue weighted by Crippen LogP contribution is 2.22. The molecule has 2 heterocycles. The van der Waals surface area contributed by atoms with Crippen molar-refractivity contribution in [2.45, 2.75) is 39.0 Å². The predicted molar refractivity (Wildman–Crippen MR) is 89.1 cm³/mol. The molecule has 1 fully saturated rings. The lowest BCUT2D eigenvalue weighted by atomic mass is 10.1. The summed E-state index contributed by atoms with van der Waals surface area (Å²) in [6.07, 6.45) is 5.71. The van der Waals surface area contributed by atoms with Crippen LogP contribution in [0.25, 0.3) is 0 Å². The first-order chi connectivity index (χ1) is 9.31. The van der Waals surface area contributed by atoms with Crippen LogP contribution in [0, 0.1) is 0 Å². The molecule has 1 saturated heterocycles. The van der Waals surface area contributed by atoms with E-state index in [4.69, 9.17) is 0 Å². The fourth-order valence-electron chi connectivity index (χ4n) is 2.61. The Morgan fingerprint density at radius 2 is 2.10 bits per heavy atom. The van der Waals surface area contributed by atoms with Gasteiger partial charge in [-0.15, -0.1) is 23.7 Å². The molecule has 1 aliphatic rings. The van der Waals surface area contributed by atoms with Crippen molar-refractivity contribution in [1.29, 1.82) is 0 Å². The van der Waals surface area contributed by atoms with Gasteiger partial charge in [0.2, 0.25) is 5.91 Å². The van der Waals surface area contributed by atoms with E-state index in [0.717, 1.165) is 24.5 Å². The van der Waals surface area contributed by atoms with E-state index in [1.807, 2.05) is 29.3 Å². The first-order valence-corrected chi connectivity index (χ1v) is 8.25. The molecule has 2 rings (SSSR count). The highest BCUT2D eigenvalue weighted by molar-refractivity contribution is 7.14. The number of carbonyl (C=O) groups is 1. The Bertz CT molecular complexity index is 377. The molecule has 0 radical (unpaired) electrons. The number of hydrogen-bond acceptors (Lipinski definition) is 3. The Labute approximate surface area is 132 Å². The maximum Gasteiger partial charge on any atom is 0.227 e. The molecule has 0 unspecified atom stereocenters. The van der Waals surface area contributed by atoms with E-state index in [1.54, 1.807) is 11.3 Å². The summed E-state index contributed by atoms with van der Waals surface area (Å²) in [6.45, 7) is 6.39. The summed E-state index contributed by atoms with van der Waals surface area (Å²) >= 11 is 1.65. The molecule has 1 aliphatic heterocycles. The van der Waals surface area contributed by atoms with Crippen LogP contribution >= 0.6 is 23.7 Å². The zero-order valence-corrected chi connectivity index (χ0v) is 13.8. The standard InChI is InChI=1S/C15H24N2OS.ClH/c1-2-14(18)17(15-8-6-13-19-15)12-7-11-16-9-4-3-5-10-16;/h6,8,13H,2-5,7,9-12H2,1H3;1H. The Morgan fingerprint density at radius 3 is 2.70 bits per heavy atom. The molecule has 5 heteroatoms. The first-order valence-electron chi connectivity index (χ1n) is 7.37. The van der Waals surface area contributed by atoms with Gasteiger partial charge in [-0.05, 0) is 56.4 Å². The zero-order valence-electron chi connectivity index (χ0n) is 12.2. The Morgan fingerprint density at radius 1 is 1.35 bits per heavy atom. The van der Waals surface area contributed by atoms with E-state index < -0.39 is 0 Å². The minimum Gasteiger partial charge on any atom is -0.304 e. The Kier molecular flexibility index (Phi) is 8.19. The average Bonchev–Trinajstić information content (AvgIpc) is 2.98. The van der Waals surface area contributed by atoms with Gasteiger partial charge in [-0.25, -0.2) is 0 Å². The maximum atomic E-state index is 12.0. The molecule has 0 bridgehead atoms. The summed E-state index contributed by atoms with van der Waals surface area (Å²) in [7, 11) is 0. The molecule has 1 aromatic heterocycles. The van der Waals surface area contributed by atoms with Crippen LogP contribution in [0.1, 0.15) is 39.0 Å². The molecule has 20 heavy (non-hydrogen) atoms. The predicted octanol–water partition coefficient (Wildman–Crippen LogP) is 3.79. The number of likely N-dealkylation sites (tertiary alicyclic amines) is 1. The number of anilines is 1. The topological polar surface area (TPSA) is 23.6 Å². The van der Waals surface area contributed by atoms with Crippen molar-refractivity contribution in [3.63, 3.8) is 0 Å². The van der Waals surface area contributed by atoms with Gasteiger partial charge in [0.25, 0.3) is 0 Å². The van der Waals surface area contributed by atoms with Crippen molar-refractivity contribution in [2.75, 3.05) is 31.1 Å². The fourth-order valence-corrected chi connectivity index (χ4v) is 3.38. The van der Waals surface area contributed by atoms with Crippen LogP contribution < -0.4 is 4.90 Å². The zero-order chi connectivity index (χ0) is 13.5. The Balaban J connectivity index is 0.00000200. The van der Waals surface area contributed by atoms with Crippen LogP contribution in [0.5, 0.6) is 0 Å². The van der Waals surface area contributed by atoms with Crippen LogP contribution in [0.4, 0.5) is 5.00 Å². The largest absolute Gasteiger partial charge is 0.304 e. The first kappa shape index (κ1) is 17.5. The average molecular weight is 317 g/mol. The molecular formula is C15H25ClN2OS. The number of halogens is 1. The minimum absolute atomic E-state index is 0. The maximum absolute atomic E-state index is 12.0. The van der Waals surface area contributed by atoms with E-state index in [2.05, 4.69) is 4.90 Å². The van der Waals surface area contributed by atoms with Gasteiger partial charge < -0.3 is 9.80 Å². The van der Waals surface area contributed by atoms with Gasteiger partial charge in [-0.1, -0.05) is 13.3 Å². The van der Waals surface area contributed by atoms with E-state index in [1.165, 1.54) is 32.4 Å². The summed E-state index contributed by atoms with van der Waals surface area (Å²) in [5, 5.41) is 3.13. The van der Waals surface area contributed by atoms with Crippen molar-refractivity contribution in [2.24, 2.45) is 0 Å². The van der Waals surface area contributed by atoms with Crippen molar-refractivity contribution < 1.29 is 4.79 Å². The lowest BCUT2D eigenvalue weighted by Crippen LogP contribution is -2.35. The lowest BCUT2D eigenvalue weighted by molar-refractivity contribution is -0.118. The number of rotatable bonds is 6. The smallest absolute Gasteiger partial charge is 0.227 e. The monoisotopic (exact) mass is 316 g/mol. The summed E-state index contributed by atoms with van der Waals surface area (Å²) in [5.41, 5.74) is 0. The molecule has 1 amide bonds. The summed E-state index contributed by atoms with van der Waals surface area (Å²) < 4.78 is 0. The minimum atomic E-state index is 0. The highest BCUT2D eigenvalue weighted by atomic mass is 35.5.